The lowest BCUT2D eigenvalue weighted by atomic mass is 10.0. The normalized spacial score (nSPS) is 11.3. The van der Waals surface area contributed by atoms with Gasteiger partial charge >= 0.3 is 0 Å². The van der Waals surface area contributed by atoms with E-state index in [0.717, 1.165) is 46.2 Å². The van der Waals surface area contributed by atoms with Gasteiger partial charge in [0.1, 0.15) is 0 Å². The number of fused-ring (bicyclic) bond motifs is 3. The van der Waals surface area contributed by atoms with Gasteiger partial charge < -0.3 is 14.4 Å². The Bertz CT molecular complexity index is 2830. The second-order valence-corrected chi connectivity index (χ2v) is 16.9. The number of rotatable bonds is 11. The summed E-state index contributed by atoms with van der Waals surface area (Å²) in [7, 11) is 0. The molecule has 0 bridgehead atoms. The summed E-state index contributed by atoms with van der Waals surface area (Å²) in [6, 6.07) is 67.1. The summed E-state index contributed by atoms with van der Waals surface area (Å²) < 4.78 is 3.72. The third kappa shape index (κ3) is 7.66. The lowest BCUT2D eigenvalue weighted by Gasteiger charge is -2.33. The van der Waals surface area contributed by atoms with E-state index in [1.165, 1.54) is 71.6 Å². The minimum atomic E-state index is 1.08. The third-order valence-electron chi connectivity index (χ3n) is 11.5. The summed E-state index contributed by atoms with van der Waals surface area (Å²) in [6.45, 7) is 8.86. The maximum atomic E-state index is 2.49. The van der Waals surface area contributed by atoms with Crippen molar-refractivity contribution in [2.24, 2.45) is 0 Å². The number of hydrogen-bond acceptors (Lipinski definition) is 2. The Labute approximate surface area is 362 Å². The Morgan fingerprint density at radius 1 is 0.475 bits per heavy atom. The molecule has 0 atom stereocenters. The number of hydrogen-bond donors (Lipinski definition) is 0. The van der Waals surface area contributed by atoms with Crippen molar-refractivity contribution in [3.05, 3.63) is 208 Å². The van der Waals surface area contributed by atoms with Crippen LogP contribution in [0.2, 0.25) is 0 Å². The molecule has 1 aromatic heterocycles. The van der Waals surface area contributed by atoms with Crippen LogP contribution in [0.5, 0.6) is 0 Å². The van der Waals surface area contributed by atoms with E-state index in [4.69, 9.17) is 0 Å². The van der Waals surface area contributed by atoms with E-state index in [0.29, 0.717) is 0 Å². The van der Waals surface area contributed by atoms with Crippen LogP contribution in [0.3, 0.4) is 0 Å². The van der Waals surface area contributed by atoms with E-state index in [9.17, 15) is 0 Å². The number of halogens is 1. The molecule has 0 aliphatic heterocycles. The zero-order valence-electron chi connectivity index (χ0n) is 34.2. The summed E-state index contributed by atoms with van der Waals surface area (Å²) in [5.41, 5.74) is 17.6. The largest absolute Gasteiger partial charge is 0.310 e. The van der Waals surface area contributed by atoms with Gasteiger partial charge in [-0.2, -0.15) is 0 Å². The average Bonchev–Trinajstić information content (AvgIpc) is 3.59. The van der Waals surface area contributed by atoms with Crippen molar-refractivity contribution in [1.82, 2.24) is 4.57 Å². The average molecular weight is 878 g/mol. The molecule has 0 radical (unpaired) electrons. The molecule has 0 saturated heterocycles. The first kappa shape index (κ1) is 38.4. The topological polar surface area (TPSA) is 11.4 Å². The van der Waals surface area contributed by atoms with Crippen LogP contribution < -0.4 is 9.80 Å². The van der Waals surface area contributed by atoms with Crippen molar-refractivity contribution in [3.8, 4) is 16.8 Å². The number of aryl methyl sites for hydroxylation is 3. The summed E-state index contributed by atoms with van der Waals surface area (Å²) in [4.78, 5) is 4.86. The van der Waals surface area contributed by atoms with Crippen LogP contribution in [0.25, 0.3) is 38.6 Å². The first-order valence-electron chi connectivity index (χ1n) is 20.7. The van der Waals surface area contributed by atoms with E-state index in [-0.39, 0.29) is 0 Å². The lowest BCUT2D eigenvalue weighted by Crippen LogP contribution is -2.17. The van der Waals surface area contributed by atoms with Crippen molar-refractivity contribution in [1.29, 1.82) is 0 Å². The van der Waals surface area contributed by atoms with Crippen molar-refractivity contribution >= 4 is 78.5 Å². The fourth-order valence-corrected chi connectivity index (χ4v) is 8.86. The zero-order chi connectivity index (χ0) is 40.5. The smallest absolute Gasteiger partial charge is 0.0541 e. The van der Waals surface area contributed by atoms with Crippen LogP contribution in [0, 0.1) is 24.3 Å². The van der Waals surface area contributed by atoms with E-state index in [1.54, 1.807) is 0 Å². The van der Waals surface area contributed by atoms with Crippen molar-refractivity contribution in [2.75, 3.05) is 9.80 Å². The molecule has 9 rings (SSSR count). The molecule has 0 aliphatic rings. The maximum Gasteiger partial charge on any atom is 0.0541 e. The SMILES string of the molecule is CCCCc1ccc2c(c1)c1cc(I)ccc1n2-c1cc(N(c2ccc(C)cc2)c2ccc(C)cc2)c(C)c(N(c2ccccc2)c2ccc(-c3ccccc3)cc2)c1. The van der Waals surface area contributed by atoms with Crippen LogP contribution in [0.4, 0.5) is 34.1 Å². The Kier molecular flexibility index (Phi) is 10.8. The molecule has 290 valence electrons. The quantitative estimate of drug-likeness (QED) is 0.120. The Hall–Kier alpha value is -6.11. The van der Waals surface area contributed by atoms with Crippen LogP contribution in [0.15, 0.2) is 182 Å². The van der Waals surface area contributed by atoms with Gasteiger partial charge in [0.05, 0.1) is 28.1 Å². The molecule has 3 nitrogen and oxygen atoms in total. The molecule has 8 aromatic carbocycles. The molecular weight excluding hydrogens is 830 g/mol. The van der Waals surface area contributed by atoms with Crippen molar-refractivity contribution in [2.45, 2.75) is 47.0 Å². The molecule has 0 amide bonds. The number of unbranched alkanes of at least 4 members (excludes halogenated alkanes) is 1. The van der Waals surface area contributed by atoms with Crippen LogP contribution >= 0.6 is 22.6 Å². The fraction of sp³-hybridized carbons (Fsp3) is 0.127. The van der Waals surface area contributed by atoms with Crippen LogP contribution in [-0.2, 0) is 6.42 Å². The molecule has 1 heterocycles. The van der Waals surface area contributed by atoms with Gasteiger partial charge in [-0.3, -0.25) is 0 Å². The monoisotopic (exact) mass is 877 g/mol. The van der Waals surface area contributed by atoms with E-state index >= 15 is 0 Å². The molecule has 9 aromatic rings. The minimum absolute atomic E-state index is 1.08. The molecule has 0 unspecified atom stereocenters. The first-order valence-corrected chi connectivity index (χ1v) is 21.8. The summed E-state index contributed by atoms with van der Waals surface area (Å²) in [5, 5.41) is 2.57. The first-order chi connectivity index (χ1) is 28.9. The predicted molar refractivity (Wildman–Crippen MR) is 261 cm³/mol. The molecule has 59 heavy (non-hydrogen) atoms. The highest BCUT2D eigenvalue weighted by atomic mass is 127. The highest BCUT2D eigenvalue weighted by molar-refractivity contribution is 14.1. The van der Waals surface area contributed by atoms with Gasteiger partial charge in [-0.1, -0.05) is 115 Å². The number of benzene rings is 8. The predicted octanol–water partition coefficient (Wildman–Crippen LogP) is 16.3. The molecule has 0 fully saturated rings. The van der Waals surface area contributed by atoms with Crippen molar-refractivity contribution < 1.29 is 0 Å². The highest BCUT2D eigenvalue weighted by Crippen LogP contribution is 2.47. The van der Waals surface area contributed by atoms with Crippen LogP contribution in [-0.4, -0.2) is 4.57 Å². The second kappa shape index (κ2) is 16.6. The highest BCUT2D eigenvalue weighted by Gasteiger charge is 2.25. The summed E-state index contributed by atoms with van der Waals surface area (Å²) in [5.74, 6) is 0. The molecule has 0 spiro atoms. The summed E-state index contributed by atoms with van der Waals surface area (Å²) >= 11 is 2.46. The van der Waals surface area contributed by atoms with Gasteiger partial charge in [0, 0.05) is 37.1 Å². The zero-order valence-corrected chi connectivity index (χ0v) is 36.3. The van der Waals surface area contributed by atoms with Gasteiger partial charge in [-0.15, -0.1) is 0 Å². The van der Waals surface area contributed by atoms with Crippen LogP contribution in [0.1, 0.15) is 42.0 Å². The minimum Gasteiger partial charge on any atom is -0.310 e. The van der Waals surface area contributed by atoms with Gasteiger partial charge in [-0.05, 0) is 169 Å². The molecule has 0 aliphatic carbocycles. The molecule has 4 heteroatoms. The number of aromatic nitrogens is 1. The summed E-state index contributed by atoms with van der Waals surface area (Å²) in [6.07, 6.45) is 3.44. The molecule has 0 saturated carbocycles. The third-order valence-corrected chi connectivity index (χ3v) is 12.2. The van der Waals surface area contributed by atoms with Gasteiger partial charge in [0.15, 0.2) is 0 Å². The van der Waals surface area contributed by atoms with Gasteiger partial charge in [-0.25, -0.2) is 0 Å². The lowest BCUT2D eigenvalue weighted by molar-refractivity contribution is 0.796. The van der Waals surface area contributed by atoms with Gasteiger partial charge in [0.25, 0.3) is 0 Å². The fourth-order valence-electron chi connectivity index (χ4n) is 8.37. The maximum absolute atomic E-state index is 2.49. The van der Waals surface area contributed by atoms with E-state index in [2.05, 4.69) is 247 Å². The molecule has 0 N–H and O–H groups in total. The number of anilines is 6. The standard InChI is InChI=1S/C55H48IN3/c1-5-6-13-41-22-32-52-50(34-41)51-35-44(56)25-33-53(51)59(52)49-36-54(40(4)55(37-49)58(46-26-18-38(2)19-27-46)47-28-20-39(3)21-29-47)57(45-16-11-8-12-17-45)48-30-23-43(24-31-48)42-14-9-7-10-15-42/h7-12,14-37H,5-6,13H2,1-4H3. The van der Waals surface area contributed by atoms with E-state index in [1.807, 2.05) is 0 Å². The Morgan fingerprint density at radius 2 is 0.949 bits per heavy atom. The number of nitrogens with zero attached hydrogens (tertiary/aromatic N) is 3. The molecular formula is C55H48IN3. The van der Waals surface area contributed by atoms with Crippen molar-refractivity contribution in [3.63, 3.8) is 0 Å². The Balaban J connectivity index is 1.35. The number of para-hydroxylation sites is 1. The van der Waals surface area contributed by atoms with E-state index < -0.39 is 0 Å². The Morgan fingerprint density at radius 3 is 1.51 bits per heavy atom. The second-order valence-electron chi connectivity index (χ2n) is 15.7. The van der Waals surface area contributed by atoms with Gasteiger partial charge in [0.2, 0.25) is 0 Å².